The minimum absolute atomic E-state index is 0.215. The van der Waals surface area contributed by atoms with Crippen LogP contribution in [-0.2, 0) is 17.8 Å². The molecule has 2 aromatic carbocycles. The van der Waals surface area contributed by atoms with E-state index in [1.54, 1.807) is 22.8 Å². The molecule has 1 amide bonds. The number of aromatic nitrogens is 2. The van der Waals surface area contributed by atoms with Crippen LogP contribution in [0.25, 0.3) is 11.0 Å². The van der Waals surface area contributed by atoms with Crippen molar-refractivity contribution in [3.05, 3.63) is 58.0 Å². The first-order valence-corrected chi connectivity index (χ1v) is 9.12. The van der Waals surface area contributed by atoms with Gasteiger partial charge < -0.3 is 24.5 Å². The van der Waals surface area contributed by atoms with Crippen molar-refractivity contribution in [2.75, 3.05) is 20.0 Å². The predicted octanol–water partition coefficient (Wildman–Crippen LogP) is 2.02. The van der Waals surface area contributed by atoms with Gasteiger partial charge in [0.1, 0.15) is 0 Å². The lowest BCUT2D eigenvalue weighted by Crippen LogP contribution is -2.22. The van der Waals surface area contributed by atoms with Crippen LogP contribution in [0.4, 0.5) is 0 Å². The molecule has 0 saturated carbocycles. The maximum absolute atomic E-state index is 12.5. The SMILES string of the molecule is CCOCCn1c(=O)[nH]c2cc(C(=O)NCc3ccc4c(c3)OCO4)ccc21. The summed E-state index contributed by atoms with van der Waals surface area (Å²) in [7, 11) is 0. The number of carbonyl (C=O) groups excluding carboxylic acids is 1. The number of aromatic amines is 1. The summed E-state index contributed by atoms with van der Waals surface area (Å²) >= 11 is 0. The molecule has 0 atom stereocenters. The Morgan fingerprint density at radius 2 is 2.07 bits per heavy atom. The van der Waals surface area contributed by atoms with Gasteiger partial charge in [-0.25, -0.2) is 4.79 Å². The molecule has 28 heavy (non-hydrogen) atoms. The van der Waals surface area contributed by atoms with Gasteiger partial charge >= 0.3 is 5.69 Å². The Hall–Kier alpha value is -3.26. The molecule has 0 unspecified atom stereocenters. The number of hydrogen-bond donors (Lipinski definition) is 2. The van der Waals surface area contributed by atoms with Crippen LogP contribution >= 0.6 is 0 Å². The monoisotopic (exact) mass is 383 g/mol. The summed E-state index contributed by atoms with van der Waals surface area (Å²) in [4.78, 5) is 27.5. The lowest BCUT2D eigenvalue weighted by atomic mass is 10.1. The Bertz CT molecular complexity index is 1070. The molecule has 0 radical (unpaired) electrons. The molecule has 3 aromatic rings. The summed E-state index contributed by atoms with van der Waals surface area (Å²) in [5, 5.41) is 2.88. The van der Waals surface area contributed by atoms with Gasteiger partial charge in [-0.05, 0) is 42.8 Å². The van der Waals surface area contributed by atoms with Gasteiger partial charge in [0.25, 0.3) is 5.91 Å². The van der Waals surface area contributed by atoms with Crippen LogP contribution in [0.1, 0.15) is 22.8 Å². The van der Waals surface area contributed by atoms with Gasteiger partial charge in [0.15, 0.2) is 11.5 Å². The molecule has 0 bridgehead atoms. The van der Waals surface area contributed by atoms with E-state index in [0.29, 0.717) is 48.9 Å². The van der Waals surface area contributed by atoms with Gasteiger partial charge in [-0.1, -0.05) is 6.07 Å². The zero-order valence-electron chi connectivity index (χ0n) is 15.5. The molecule has 1 aromatic heterocycles. The van der Waals surface area contributed by atoms with Gasteiger partial charge in [0.2, 0.25) is 6.79 Å². The highest BCUT2D eigenvalue weighted by Gasteiger charge is 2.14. The minimum atomic E-state index is -0.220. The molecule has 146 valence electrons. The number of nitrogens with one attached hydrogen (secondary N) is 2. The smallest absolute Gasteiger partial charge is 0.326 e. The molecule has 2 heterocycles. The first-order chi connectivity index (χ1) is 13.7. The number of carbonyl (C=O) groups is 1. The van der Waals surface area contributed by atoms with Crippen LogP contribution in [-0.4, -0.2) is 35.5 Å². The molecule has 1 aliphatic heterocycles. The van der Waals surface area contributed by atoms with E-state index in [1.807, 2.05) is 25.1 Å². The lowest BCUT2D eigenvalue weighted by molar-refractivity contribution is 0.0951. The summed E-state index contributed by atoms with van der Waals surface area (Å²) in [5.41, 5.74) is 2.54. The molecular weight excluding hydrogens is 362 g/mol. The van der Waals surface area contributed by atoms with Crippen LogP contribution in [0.3, 0.4) is 0 Å². The maximum Gasteiger partial charge on any atom is 0.326 e. The molecule has 1 aliphatic rings. The van der Waals surface area contributed by atoms with Gasteiger partial charge in [0.05, 0.1) is 24.2 Å². The van der Waals surface area contributed by atoms with Crippen molar-refractivity contribution in [3.8, 4) is 11.5 Å². The number of nitrogens with zero attached hydrogens (tertiary/aromatic N) is 1. The Morgan fingerprint density at radius 3 is 2.93 bits per heavy atom. The fourth-order valence-corrected chi connectivity index (χ4v) is 3.16. The van der Waals surface area contributed by atoms with E-state index in [-0.39, 0.29) is 18.4 Å². The number of imidazole rings is 1. The van der Waals surface area contributed by atoms with Crippen molar-refractivity contribution in [3.63, 3.8) is 0 Å². The predicted molar refractivity (Wildman–Crippen MR) is 103 cm³/mol. The minimum Gasteiger partial charge on any atom is -0.454 e. The van der Waals surface area contributed by atoms with Crippen molar-refractivity contribution in [1.82, 2.24) is 14.9 Å². The molecule has 0 saturated heterocycles. The highest BCUT2D eigenvalue weighted by atomic mass is 16.7. The van der Waals surface area contributed by atoms with E-state index in [1.165, 1.54) is 0 Å². The fraction of sp³-hybridized carbons (Fsp3) is 0.300. The number of rotatable bonds is 7. The standard InChI is InChI=1S/C20H21N3O5/c1-2-26-8-7-23-16-5-4-14(10-15(16)22-20(23)25)19(24)21-11-13-3-6-17-18(9-13)28-12-27-17/h3-6,9-10H,2,7-8,11-12H2,1H3,(H,21,24)(H,22,25). The third kappa shape index (κ3) is 3.59. The second kappa shape index (κ2) is 7.77. The van der Waals surface area contributed by atoms with E-state index in [4.69, 9.17) is 14.2 Å². The van der Waals surface area contributed by atoms with Crippen molar-refractivity contribution in [2.45, 2.75) is 20.0 Å². The first-order valence-electron chi connectivity index (χ1n) is 9.12. The molecule has 8 heteroatoms. The quantitative estimate of drug-likeness (QED) is 0.609. The van der Waals surface area contributed by atoms with Crippen molar-refractivity contribution in [2.24, 2.45) is 0 Å². The van der Waals surface area contributed by atoms with Gasteiger partial charge in [-0.3, -0.25) is 9.36 Å². The molecular formula is C20H21N3O5. The molecule has 0 fully saturated rings. The van der Waals surface area contributed by atoms with Crippen LogP contribution in [0, 0.1) is 0 Å². The number of fused-ring (bicyclic) bond motifs is 2. The summed E-state index contributed by atoms with van der Waals surface area (Å²) in [6.45, 7) is 4.01. The molecule has 0 spiro atoms. The number of H-pyrrole nitrogens is 1. The lowest BCUT2D eigenvalue weighted by Gasteiger charge is -2.07. The number of benzene rings is 2. The summed E-state index contributed by atoms with van der Waals surface area (Å²) in [5.74, 6) is 1.17. The van der Waals surface area contributed by atoms with E-state index in [0.717, 1.165) is 11.1 Å². The summed E-state index contributed by atoms with van der Waals surface area (Å²) in [6.07, 6.45) is 0. The molecule has 2 N–H and O–H groups in total. The second-order valence-electron chi connectivity index (χ2n) is 6.38. The van der Waals surface area contributed by atoms with E-state index in [9.17, 15) is 9.59 Å². The molecule has 0 aliphatic carbocycles. The van der Waals surface area contributed by atoms with E-state index in [2.05, 4.69) is 10.3 Å². The highest BCUT2D eigenvalue weighted by molar-refractivity contribution is 5.97. The van der Waals surface area contributed by atoms with Gasteiger partial charge in [-0.15, -0.1) is 0 Å². The highest BCUT2D eigenvalue weighted by Crippen LogP contribution is 2.32. The third-order valence-electron chi connectivity index (χ3n) is 4.59. The van der Waals surface area contributed by atoms with Crippen LogP contribution in [0.2, 0.25) is 0 Å². The third-order valence-corrected chi connectivity index (χ3v) is 4.59. The second-order valence-corrected chi connectivity index (χ2v) is 6.38. The molecule has 4 rings (SSSR count). The number of ether oxygens (including phenoxy) is 3. The Labute approximate surface area is 161 Å². The van der Waals surface area contributed by atoms with Crippen LogP contribution in [0.5, 0.6) is 11.5 Å². The zero-order valence-corrected chi connectivity index (χ0v) is 15.5. The van der Waals surface area contributed by atoms with Crippen molar-refractivity contribution >= 4 is 16.9 Å². The van der Waals surface area contributed by atoms with Gasteiger partial charge in [-0.2, -0.15) is 0 Å². The normalized spacial score (nSPS) is 12.5. The number of hydrogen-bond acceptors (Lipinski definition) is 5. The van der Waals surface area contributed by atoms with Crippen LogP contribution in [0.15, 0.2) is 41.2 Å². The Kier molecular flexibility index (Phi) is 5.03. The number of amides is 1. The first kappa shape index (κ1) is 18.1. The average molecular weight is 383 g/mol. The largest absolute Gasteiger partial charge is 0.454 e. The average Bonchev–Trinajstić information content (AvgIpc) is 3.29. The Morgan fingerprint density at radius 1 is 1.21 bits per heavy atom. The van der Waals surface area contributed by atoms with Crippen LogP contribution < -0.4 is 20.5 Å². The molecule has 8 nitrogen and oxygen atoms in total. The van der Waals surface area contributed by atoms with Gasteiger partial charge in [0, 0.05) is 18.7 Å². The Balaban J connectivity index is 1.46. The zero-order chi connectivity index (χ0) is 19.5. The maximum atomic E-state index is 12.5. The summed E-state index contributed by atoms with van der Waals surface area (Å²) < 4.78 is 17.6. The topological polar surface area (TPSA) is 94.6 Å². The summed E-state index contributed by atoms with van der Waals surface area (Å²) in [6, 6.07) is 10.7. The van der Waals surface area contributed by atoms with E-state index < -0.39 is 0 Å². The van der Waals surface area contributed by atoms with E-state index >= 15 is 0 Å². The fourth-order valence-electron chi connectivity index (χ4n) is 3.16. The van der Waals surface area contributed by atoms with Crippen molar-refractivity contribution < 1.29 is 19.0 Å². The van der Waals surface area contributed by atoms with Crippen molar-refractivity contribution in [1.29, 1.82) is 0 Å².